The largest absolute Gasteiger partial charge is 0.380 e. The van der Waals surface area contributed by atoms with Gasteiger partial charge in [0.25, 0.3) is 5.91 Å². The Morgan fingerprint density at radius 1 is 1.29 bits per heavy atom. The van der Waals surface area contributed by atoms with Crippen LogP contribution in [-0.2, 0) is 18.3 Å². The molecule has 0 bridgehead atoms. The van der Waals surface area contributed by atoms with Gasteiger partial charge in [0, 0.05) is 31.7 Å². The van der Waals surface area contributed by atoms with Gasteiger partial charge in [-0.2, -0.15) is 15.3 Å². The summed E-state index contributed by atoms with van der Waals surface area (Å²) in [7, 11) is 1.92. The molecule has 1 atom stereocenters. The van der Waals surface area contributed by atoms with Crippen LogP contribution >= 0.6 is 0 Å². The summed E-state index contributed by atoms with van der Waals surface area (Å²) < 4.78 is 7.75. The highest BCUT2D eigenvalue weighted by atomic mass is 16.5. The van der Waals surface area contributed by atoms with Gasteiger partial charge in [-0.25, -0.2) is 0 Å². The van der Waals surface area contributed by atoms with E-state index < -0.39 is 0 Å². The molecule has 1 amide bonds. The molecule has 2 aromatic rings. The summed E-state index contributed by atoms with van der Waals surface area (Å²) in [6.45, 7) is 2.67. The van der Waals surface area contributed by atoms with Crippen LogP contribution in [0.15, 0.2) is 24.7 Å². The number of rotatable bonds is 5. The predicted octanol–water partition coefficient (Wildman–Crippen LogP) is 1.38. The van der Waals surface area contributed by atoms with E-state index in [1.807, 2.05) is 22.8 Å². The van der Waals surface area contributed by atoms with E-state index in [0.29, 0.717) is 25.3 Å². The van der Waals surface area contributed by atoms with Crippen LogP contribution in [0.2, 0.25) is 0 Å². The van der Waals surface area contributed by atoms with Crippen molar-refractivity contribution in [1.29, 1.82) is 0 Å². The van der Waals surface area contributed by atoms with E-state index in [9.17, 15) is 4.79 Å². The highest BCUT2D eigenvalue weighted by Crippen LogP contribution is 2.32. The second kappa shape index (κ2) is 6.32. The van der Waals surface area contributed by atoms with Gasteiger partial charge >= 0.3 is 0 Å². The summed E-state index contributed by atoms with van der Waals surface area (Å²) in [5.41, 5.74) is 2.84. The van der Waals surface area contributed by atoms with Crippen LogP contribution in [0.4, 0.5) is 0 Å². The second-order valence-electron chi connectivity index (χ2n) is 6.66. The summed E-state index contributed by atoms with van der Waals surface area (Å²) >= 11 is 0. The molecule has 1 aliphatic carbocycles. The monoisotopic (exact) mass is 327 g/mol. The Hall–Kier alpha value is -2.28. The topological polar surface area (TPSA) is 73.1 Å². The van der Waals surface area contributed by atoms with Crippen molar-refractivity contribution in [3.05, 3.63) is 41.5 Å². The molecule has 0 spiro atoms. The normalized spacial score (nSPS) is 20.0. The molecule has 0 aromatic carbocycles. The Morgan fingerprint density at radius 3 is 2.92 bits per heavy atom. The zero-order valence-electron chi connectivity index (χ0n) is 13.8. The molecule has 0 unspecified atom stereocenters. The molecule has 2 aliphatic rings. The van der Waals surface area contributed by atoms with Crippen molar-refractivity contribution in [2.75, 3.05) is 19.8 Å². The van der Waals surface area contributed by atoms with Crippen molar-refractivity contribution in [1.82, 2.24) is 24.9 Å². The number of carbonyl (C=O) groups excluding carboxylic acids is 1. The number of carbonyl (C=O) groups is 1. The lowest BCUT2D eigenvalue weighted by atomic mass is 9.95. The van der Waals surface area contributed by atoms with Gasteiger partial charge < -0.3 is 9.64 Å². The maximum Gasteiger partial charge on any atom is 0.255 e. The van der Waals surface area contributed by atoms with Crippen LogP contribution < -0.4 is 0 Å². The molecule has 1 aliphatic heterocycles. The van der Waals surface area contributed by atoms with Crippen molar-refractivity contribution in [3.8, 4) is 0 Å². The molecule has 1 fully saturated rings. The number of hydrogen-bond donors (Lipinski definition) is 0. The third kappa shape index (κ3) is 3.03. The summed E-state index contributed by atoms with van der Waals surface area (Å²) in [4.78, 5) is 14.6. The van der Waals surface area contributed by atoms with E-state index in [1.54, 1.807) is 12.3 Å². The van der Waals surface area contributed by atoms with Crippen LogP contribution in [-0.4, -0.2) is 50.5 Å². The first-order chi connectivity index (χ1) is 11.7. The number of fused-ring (bicyclic) bond motifs is 1. The fraction of sp³-hybridized carbons (Fsp3) is 0.529. The number of amides is 1. The second-order valence-corrected chi connectivity index (χ2v) is 6.66. The molecule has 1 saturated carbocycles. The lowest BCUT2D eigenvalue weighted by Gasteiger charge is -2.33. The number of aromatic nitrogens is 4. The smallest absolute Gasteiger partial charge is 0.255 e. The Bertz CT molecular complexity index is 726. The van der Waals surface area contributed by atoms with Gasteiger partial charge in [0.15, 0.2) is 0 Å². The highest BCUT2D eigenvalue weighted by molar-refractivity contribution is 5.93. The Labute approximate surface area is 140 Å². The summed E-state index contributed by atoms with van der Waals surface area (Å²) in [5, 5.41) is 11.9. The molecule has 7 nitrogen and oxygen atoms in total. The lowest BCUT2D eigenvalue weighted by Crippen LogP contribution is -2.40. The van der Waals surface area contributed by atoms with Crippen LogP contribution in [0.1, 0.15) is 40.4 Å². The molecule has 0 saturated heterocycles. The molecular weight excluding hydrogens is 306 g/mol. The van der Waals surface area contributed by atoms with Crippen LogP contribution in [0, 0.1) is 5.92 Å². The number of ether oxygens (including phenoxy) is 1. The van der Waals surface area contributed by atoms with E-state index in [4.69, 9.17) is 4.74 Å². The van der Waals surface area contributed by atoms with E-state index in [2.05, 4.69) is 15.3 Å². The van der Waals surface area contributed by atoms with Crippen LogP contribution in [0.5, 0.6) is 0 Å². The minimum atomic E-state index is -0.0241. The predicted molar refractivity (Wildman–Crippen MR) is 86.3 cm³/mol. The van der Waals surface area contributed by atoms with E-state index in [1.165, 1.54) is 24.6 Å². The molecule has 7 heteroatoms. The van der Waals surface area contributed by atoms with Gasteiger partial charge in [0.2, 0.25) is 0 Å². The van der Waals surface area contributed by atoms with E-state index >= 15 is 0 Å². The Kier molecular flexibility index (Phi) is 4.02. The molecular formula is C17H21N5O2. The third-order valence-corrected chi connectivity index (χ3v) is 4.80. The average molecular weight is 327 g/mol. The third-order valence-electron chi connectivity index (χ3n) is 4.80. The first-order valence-corrected chi connectivity index (χ1v) is 8.37. The average Bonchev–Trinajstić information content (AvgIpc) is 3.37. The minimum absolute atomic E-state index is 0.0241. The van der Waals surface area contributed by atoms with Gasteiger partial charge in [0.1, 0.15) is 0 Å². The van der Waals surface area contributed by atoms with Gasteiger partial charge in [-0.1, -0.05) is 0 Å². The first-order valence-electron chi connectivity index (χ1n) is 8.37. The fourth-order valence-corrected chi connectivity index (χ4v) is 3.18. The summed E-state index contributed by atoms with van der Waals surface area (Å²) in [6.07, 6.45) is 7.53. The highest BCUT2D eigenvalue weighted by Gasteiger charge is 2.32. The maximum absolute atomic E-state index is 12.8. The Balaban J connectivity index is 1.52. The molecule has 4 rings (SSSR count). The lowest BCUT2D eigenvalue weighted by molar-refractivity contribution is 0.0623. The number of hydrogen-bond acceptors (Lipinski definition) is 5. The fourth-order valence-electron chi connectivity index (χ4n) is 3.18. The quantitative estimate of drug-likeness (QED) is 0.829. The number of aryl methyl sites for hydroxylation is 1. The molecule has 2 aromatic heterocycles. The minimum Gasteiger partial charge on any atom is -0.380 e. The van der Waals surface area contributed by atoms with Crippen molar-refractivity contribution >= 4 is 5.91 Å². The SMILES string of the molecule is Cn1ncc2c1CN(C(=O)c1ccnnc1)C[C@@H]2COCC1CC1. The molecule has 0 N–H and O–H groups in total. The van der Waals surface area contributed by atoms with Crippen LogP contribution in [0.3, 0.4) is 0 Å². The Morgan fingerprint density at radius 2 is 2.17 bits per heavy atom. The maximum atomic E-state index is 12.8. The van der Waals surface area contributed by atoms with E-state index in [-0.39, 0.29) is 11.8 Å². The van der Waals surface area contributed by atoms with Gasteiger partial charge in [-0.15, -0.1) is 0 Å². The molecule has 3 heterocycles. The molecule has 24 heavy (non-hydrogen) atoms. The van der Waals surface area contributed by atoms with Gasteiger partial charge in [-0.3, -0.25) is 9.48 Å². The summed E-state index contributed by atoms with van der Waals surface area (Å²) in [6, 6.07) is 1.70. The van der Waals surface area contributed by atoms with Crippen molar-refractivity contribution < 1.29 is 9.53 Å². The molecule has 126 valence electrons. The standard InChI is InChI=1S/C17H21N5O2/c1-21-16-9-22(17(23)13-4-5-18-19-6-13)8-14(15(16)7-20-21)11-24-10-12-2-3-12/h4-7,12,14H,2-3,8-11H2,1H3/t14-/m1/s1. The zero-order chi connectivity index (χ0) is 16.5. The zero-order valence-corrected chi connectivity index (χ0v) is 13.8. The first kappa shape index (κ1) is 15.3. The van der Waals surface area contributed by atoms with E-state index in [0.717, 1.165) is 18.2 Å². The summed E-state index contributed by atoms with van der Waals surface area (Å²) in [5.74, 6) is 0.881. The molecule has 0 radical (unpaired) electrons. The van der Waals surface area contributed by atoms with Crippen molar-refractivity contribution in [2.45, 2.75) is 25.3 Å². The number of nitrogens with zero attached hydrogens (tertiary/aromatic N) is 5. The van der Waals surface area contributed by atoms with Crippen molar-refractivity contribution in [2.24, 2.45) is 13.0 Å². The van der Waals surface area contributed by atoms with Gasteiger partial charge in [0.05, 0.1) is 43.0 Å². The van der Waals surface area contributed by atoms with Crippen molar-refractivity contribution in [3.63, 3.8) is 0 Å². The van der Waals surface area contributed by atoms with Crippen LogP contribution in [0.25, 0.3) is 0 Å². The van der Waals surface area contributed by atoms with Gasteiger partial charge in [-0.05, 0) is 24.8 Å².